The number of nitrogens with zero attached hydrogens (tertiary/aromatic N) is 3. The van der Waals surface area contributed by atoms with Gasteiger partial charge in [0.1, 0.15) is 10.7 Å². The summed E-state index contributed by atoms with van der Waals surface area (Å²) in [6.45, 7) is 1.85. The number of thiazole rings is 1. The molecule has 17 heavy (non-hydrogen) atoms. The van der Waals surface area contributed by atoms with Crippen molar-refractivity contribution < 1.29 is 9.53 Å². The standard InChI is InChI=1S/C11H11N3O2S/c1-7(15)10-9(6-16-2)14-11(17-10)8-5-12-3-4-13-8/h3-5H,6H2,1-2H3. The van der Waals surface area contributed by atoms with E-state index in [0.29, 0.717) is 27.9 Å². The van der Waals surface area contributed by atoms with E-state index in [1.54, 1.807) is 25.7 Å². The predicted octanol–water partition coefficient (Wildman–Crippen LogP) is 1.95. The van der Waals surface area contributed by atoms with E-state index in [1.165, 1.54) is 18.3 Å². The Morgan fingerprint density at radius 3 is 2.88 bits per heavy atom. The average molecular weight is 249 g/mol. The van der Waals surface area contributed by atoms with E-state index < -0.39 is 0 Å². The lowest BCUT2D eigenvalue weighted by Gasteiger charge is -1.95. The lowest BCUT2D eigenvalue weighted by molar-refractivity contribution is 0.101. The van der Waals surface area contributed by atoms with Crippen molar-refractivity contribution in [2.45, 2.75) is 13.5 Å². The number of ether oxygens (including phenoxy) is 1. The normalized spacial score (nSPS) is 10.5. The first-order valence-electron chi connectivity index (χ1n) is 4.98. The van der Waals surface area contributed by atoms with Gasteiger partial charge in [-0.15, -0.1) is 11.3 Å². The molecule has 0 N–H and O–H groups in total. The summed E-state index contributed by atoms with van der Waals surface area (Å²) in [5.74, 6) is -0.00955. The van der Waals surface area contributed by atoms with Crippen molar-refractivity contribution in [3.05, 3.63) is 29.2 Å². The van der Waals surface area contributed by atoms with Crippen molar-refractivity contribution in [3.63, 3.8) is 0 Å². The van der Waals surface area contributed by atoms with Crippen LogP contribution in [0, 0.1) is 0 Å². The van der Waals surface area contributed by atoms with Crippen LogP contribution in [0.25, 0.3) is 10.7 Å². The molecule has 0 saturated heterocycles. The summed E-state index contributed by atoms with van der Waals surface area (Å²) in [6.07, 6.45) is 4.82. The van der Waals surface area contributed by atoms with Crippen LogP contribution in [0.15, 0.2) is 18.6 Å². The van der Waals surface area contributed by atoms with E-state index in [0.717, 1.165) is 0 Å². The van der Waals surface area contributed by atoms with Crippen LogP contribution in [0.1, 0.15) is 22.3 Å². The van der Waals surface area contributed by atoms with E-state index in [-0.39, 0.29) is 5.78 Å². The number of ketones is 1. The Morgan fingerprint density at radius 2 is 2.29 bits per heavy atom. The first-order valence-corrected chi connectivity index (χ1v) is 5.80. The van der Waals surface area contributed by atoms with Gasteiger partial charge < -0.3 is 4.74 Å². The van der Waals surface area contributed by atoms with E-state index in [4.69, 9.17) is 4.74 Å². The number of carbonyl (C=O) groups is 1. The first kappa shape index (κ1) is 11.8. The molecular weight excluding hydrogens is 238 g/mol. The SMILES string of the molecule is COCc1nc(-c2cnccn2)sc1C(C)=O. The van der Waals surface area contributed by atoms with Crippen LogP contribution in [0.5, 0.6) is 0 Å². The summed E-state index contributed by atoms with van der Waals surface area (Å²) in [4.78, 5) is 24.6. The highest BCUT2D eigenvalue weighted by Crippen LogP contribution is 2.27. The summed E-state index contributed by atoms with van der Waals surface area (Å²) in [5.41, 5.74) is 1.33. The second-order valence-electron chi connectivity index (χ2n) is 3.37. The molecule has 0 fully saturated rings. The van der Waals surface area contributed by atoms with Gasteiger partial charge in [-0.3, -0.25) is 14.8 Å². The zero-order chi connectivity index (χ0) is 12.3. The van der Waals surface area contributed by atoms with E-state index in [1.807, 2.05) is 0 Å². The van der Waals surface area contributed by atoms with Gasteiger partial charge in [-0.2, -0.15) is 0 Å². The van der Waals surface area contributed by atoms with Crippen LogP contribution in [0.3, 0.4) is 0 Å². The van der Waals surface area contributed by atoms with Crippen LogP contribution >= 0.6 is 11.3 Å². The van der Waals surface area contributed by atoms with Crippen LogP contribution < -0.4 is 0 Å². The number of carbonyl (C=O) groups excluding carboxylic acids is 1. The number of methoxy groups -OCH3 is 1. The number of rotatable bonds is 4. The second kappa shape index (κ2) is 5.11. The molecule has 0 amide bonds. The highest BCUT2D eigenvalue weighted by atomic mass is 32.1. The molecule has 0 aliphatic carbocycles. The predicted molar refractivity (Wildman–Crippen MR) is 63.9 cm³/mol. The lowest BCUT2D eigenvalue weighted by atomic mass is 10.3. The number of aromatic nitrogens is 3. The minimum absolute atomic E-state index is 0.00955. The van der Waals surface area contributed by atoms with Gasteiger partial charge in [0, 0.05) is 26.4 Å². The molecule has 2 aromatic rings. The fourth-order valence-electron chi connectivity index (χ4n) is 1.38. The van der Waals surface area contributed by atoms with Gasteiger partial charge in [-0.25, -0.2) is 4.98 Å². The largest absolute Gasteiger partial charge is 0.378 e. The maximum Gasteiger partial charge on any atom is 0.171 e. The maximum absolute atomic E-state index is 11.5. The lowest BCUT2D eigenvalue weighted by Crippen LogP contribution is -1.97. The maximum atomic E-state index is 11.5. The van der Waals surface area contributed by atoms with Gasteiger partial charge in [-0.1, -0.05) is 0 Å². The molecule has 5 nitrogen and oxygen atoms in total. The Bertz CT molecular complexity index is 525. The molecule has 2 heterocycles. The molecule has 0 bridgehead atoms. The molecule has 0 aromatic carbocycles. The smallest absolute Gasteiger partial charge is 0.171 e. The molecule has 2 aromatic heterocycles. The quantitative estimate of drug-likeness (QED) is 0.775. The van der Waals surface area contributed by atoms with Gasteiger partial charge >= 0.3 is 0 Å². The molecule has 0 saturated carbocycles. The van der Waals surface area contributed by atoms with Crippen molar-refractivity contribution in [1.82, 2.24) is 15.0 Å². The highest BCUT2D eigenvalue weighted by molar-refractivity contribution is 7.17. The Labute approximate surface area is 103 Å². The van der Waals surface area contributed by atoms with Crippen LogP contribution in [0.2, 0.25) is 0 Å². The Balaban J connectivity index is 2.44. The van der Waals surface area contributed by atoms with Gasteiger partial charge in [0.05, 0.1) is 23.4 Å². The van der Waals surface area contributed by atoms with Crippen molar-refractivity contribution in [1.29, 1.82) is 0 Å². The van der Waals surface area contributed by atoms with Gasteiger partial charge in [0.2, 0.25) is 0 Å². The molecule has 0 aliphatic heterocycles. The molecule has 88 valence electrons. The second-order valence-corrected chi connectivity index (χ2v) is 4.37. The van der Waals surface area contributed by atoms with Crippen LogP contribution in [0.4, 0.5) is 0 Å². The third kappa shape index (κ3) is 2.54. The Morgan fingerprint density at radius 1 is 1.47 bits per heavy atom. The van der Waals surface area contributed by atoms with E-state index in [9.17, 15) is 4.79 Å². The molecule has 0 aliphatic rings. The average Bonchev–Trinajstić information content (AvgIpc) is 2.75. The molecule has 0 radical (unpaired) electrons. The zero-order valence-electron chi connectivity index (χ0n) is 9.51. The molecular formula is C11H11N3O2S. The summed E-state index contributed by atoms with van der Waals surface area (Å²) >= 11 is 1.32. The molecule has 0 atom stereocenters. The van der Waals surface area contributed by atoms with Crippen LogP contribution in [-0.4, -0.2) is 27.8 Å². The van der Waals surface area contributed by atoms with Crippen molar-refractivity contribution in [2.24, 2.45) is 0 Å². The Hall–Kier alpha value is -1.66. The first-order chi connectivity index (χ1) is 8.22. The van der Waals surface area contributed by atoms with E-state index >= 15 is 0 Å². The van der Waals surface area contributed by atoms with Crippen molar-refractivity contribution in [3.8, 4) is 10.7 Å². The minimum Gasteiger partial charge on any atom is -0.378 e. The summed E-state index contributed by atoms with van der Waals surface area (Å²) < 4.78 is 5.02. The number of Topliss-reactive ketones (excluding diaryl/α,β-unsaturated/α-hetero) is 1. The molecule has 2 rings (SSSR count). The topological polar surface area (TPSA) is 65.0 Å². The Kier molecular flexibility index (Phi) is 3.55. The zero-order valence-corrected chi connectivity index (χ0v) is 10.3. The molecule has 0 spiro atoms. The fourth-order valence-corrected chi connectivity index (χ4v) is 2.31. The van der Waals surface area contributed by atoms with Gasteiger partial charge in [-0.05, 0) is 0 Å². The molecule has 0 unspecified atom stereocenters. The fraction of sp³-hybridized carbons (Fsp3) is 0.273. The highest BCUT2D eigenvalue weighted by Gasteiger charge is 2.16. The monoisotopic (exact) mass is 249 g/mol. The minimum atomic E-state index is -0.00955. The number of hydrogen-bond acceptors (Lipinski definition) is 6. The van der Waals surface area contributed by atoms with Crippen molar-refractivity contribution >= 4 is 17.1 Å². The third-order valence-corrected chi connectivity index (χ3v) is 3.30. The summed E-state index contributed by atoms with van der Waals surface area (Å²) in [7, 11) is 1.57. The van der Waals surface area contributed by atoms with Crippen molar-refractivity contribution in [2.75, 3.05) is 7.11 Å². The van der Waals surface area contributed by atoms with Gasteiger partial charge in [0.15, 0.2) is 5.78 Å². The summed E-state index contributed by atoms with van der Waals surface area (Å²) in [5, 5.41) is 0.690. The van der Waals surface area contributed by atoms with Gasteiger partial charge in [0.25, 0.3) is 0 Å². The third-order valence-electron chi connectivity index (χ3n) is 2.08. The summed E-state index contributed by atoms with van der Waals surface area (Å²) in [6, 6.07) is 0. The van der Waals surface area contributed by atoms with E-state index in [2.05, 4.69) is 15.0 Å². The number of hydrogen-bond donors (Lipinski definition) is 0. The molecule has 6 heteroatoms. The van der Waals surface area contributed by atoms with Crippen LogP contribution in [-0.2, 0) is 11.3 Å².